The van der Waals surface area contributed by atoms with Crippen molar-refractivity contribution in [1.29, 1.82) is 0 Å². The molecule has 168 valence electrons. The summed E-state index contributed by atoms with van der Waals surface area (Å²) in [6, 6.07) is 5.15. The van der Waals surface area contributed by atoms with Gasteiger partial charge in [0, 0.05) is 18.2 Å². The molecule has 0 saturated heterocycles. The number of para-hydroxylation sites is 1. The van der Waals surface area contributed by atoms with E-state index in [0.717, 1.165) is 29.2 Å². The van der Waals surface area contributed by atoms with Crippen molar-refractivity contribution in [2.75, 3.05) is 11.4 Å². The van der Waals surface area contributed by atoms with Crippen molar-refractivity contribution in [1.82, 2.24) is 25.1 Å². The molecule has 0 aliphatic heterocycles. The van der Waals surface area contributed by atoms with E-state index in [2.05, 4.69) is 15.7 Å². The van der Waals surface area contributed by atoms with Gasteiger partial charge >= 0.3 is 11.7 Å². The van der Waals surface area contributed by atoms with E-state index in [0.29, 0.717) is 4.68 Å². The van der Waals surface area contributed by atoms with Crippen molar-refractivity contribution in [2.24, 2.45) is 0 Å². The van der Waals surface area contributed by atoms with E-state index >= 15 is 0 Å². The van der Waals surface area contributed by atoms with Crippen LogP contribution in [0.15, 0.2) is 41.2 Å². The second kappa shape index (κ2) is 9.04. The lowest BCUT2D eigenvalue weighted by molar-refractivity contribution is 0.0942. The first-order valence-electron chi connectivity index (χ1n) is 9.57. The summed E-state index contributed by atoms with van der Waals surface area (Å²) in [6.07, 6.45) is 0. The molecular weight excluding hydrogens is 429 g/mol. The normalized spacial score (nSPS) is 11.0. The fourth-order valence-electron chi connectivity index (χ4n) is 2.93. The molecule has 1 aromatic heterocycles. The van der Waals surface area contributed by atoms with Gasteiger partial charge in [0.15, 0.2) is 11.6 Å². The molecule has 0 aliphatic rings. The molecule has 0 aliphatic carbocycles. The first-order valence-corrected chi connectivity index (χ1v) is 9.57. The highest BCUT2D eigenvalue weighted by Gasteiger charge is 2.26. The molecule has 0 atom stereocenters. The van der Waals surface area contributed by atoms with Crippen LogP contribution < -0.4 is 15.9 Å². The lowest BCUT2D eigenvalue weighted by Gasteiger charge is -2.20. The Bertz CT molecular complexity index is 1220. The predicted octanol–water partition coefficient (Wildman–Crippen LogP) is 2.48. The molecule has 32 heavy (non-hydrogen) atoms. The SMILES string of the molecule is CCN(C(=O)n1nnn(-c2c(F)cccc2F)c1=O)c1ccc(C(=O)NC(C)C)cc1F. The molecule has 0 fully saturated rings. The molecule has 2 aromatic carbocycles. The Hall–Kier alpha value is -3.96. The second-order valence-corrected chi connectivity index (χ2v) is 6.98. The van der Waals surface area contributed by atoms with E-state index in [1.165, 1.54) is 19.1 Å². The zero-order valence-corrected chi connectivity index (χ0v) is 17.3. The van der Waals surface area contributed by atoms with Crippen LogP contribution in [-0.2, 0) is 0 Å². The van der Waals surface area contributed by atoms with Gasteiger partial charge in [-0.05, 0) is 61.5 Å². The minimum Gasteiger partial charge on any atom is -0.350 e. The zero-order valence-electron chi connectivity index (χ0n) is 17.3. The number of rotatable bonds is 5. The van der Waals surface area contributed by atoms with Crippen molar-refractivity contribution in [2.45, 2.75) is 26.8 Å². The maximum atomic E-state index is 14.7. The molecule has 9 nitrogen and oxygen atoms in total. The van der Waals surface area contributed by atoms with Crippen molar-refractivity contribution in [3.63, 3.8) is 0 Å². The Morgan fingerprint density at radius 2 is 1.72 bits per heavy atom. The molecule has 2 amide bonds. The van der Waals surface area contributed by atoms with Crippen LogP contribution >= 0.6 is 0 Å². The Kier molecular flexibility index (Phi) is 6.42. The van der Waals surface area contributed by atoms with Crippen molar-refractivity contribution >= 4 is 17.6 Å². The van der Waals surface area contributed by atoms with Crippen LogP contribution in [0, 0.1) is 17.5 Å². The first kappa shape index (κ1) is 22.7. The highest BCUT2D eigenvalue weighted by molar-refractivity contribution is 5.96. The van der Waals surface area contributed by atoms with Gasteiger partial charge in [-0.3, -0.25) is 9.69 Å². The fourth-order valence-corrected chi connectivity index (χ4v) is 2.93. The topological polar surface area (TPSA) is 102 Å². The number of amides is 2. The minimum absolute atomic E-state index is 0.0431. The third kappa shape index (κ3) is 4.24. The summed E-state index contributed by atoms with van der Waals surface area (Å²) < 4.78 is 43.3. The smallest absolute Gasteiger partial charge is 0.350 e. The summed E-state index contributed by atoms with van der Waals surface area (Å²) in [4.78, 5) is 38.4. The number of carbonyl (C=O) groups excluding carboxylic acids is 2. The number of nitrogens with one attached hydrogen (secondary N) is 1. The molecule has 0 radical (unpaired) electrons. The van der Waals surface area contributed by atoms with Gasteiger partial charge in [0.05, 0.1) is 5.69 Å². The Morgan fingerprint density at radius 3 is 2.28 bits per heavy atom. The van der Waals surface area contributed by atoms with E-state index in [1.807, 2.05) is 0 Å². The summed E-state index contributed by atoms with van der Waals surface area (Å²) in [7, 11) is 0. The average Bonchev–Trinajstić information content (AvgIpc) is 3.10. The van der Waals surface area contributed by atoms with Gasteiger partial charge in [-0.15, -0.1) is 4.68 Å². The second-order valence-electron chi connectivity index (χ2n) is 6.98. The third-order valence-corrected chi connectivity index (χ3v) is 4.38. The van der Waals surface area contributed by atoms with Gasteiger partial charge in [-0.25, -0.2) is 22.8 Å². The average molecular weight is 448 g/mol. The lowest BCUT2D eigenvalue weighted by atomic mass is 10.1. The lowest BCUT2D eigenvalue weighted by Crippen LogP contribution is -2.41. The van der Waals surface area contributed by atoms with Crippen LogP contribution in [0.4, 0.5) is 23.7 Å². The van der Waals surface area contributed by atoms with Gasteiger partial charge in [0.25, 0.3) is 5.91 Å². The number of anilines is 1. The molecule has 3 aromatic rings. The number of aromatic nitrogens is 4. The van der Waals surface area contributed by atoms with Crippen LogP contribution in [0.3, 0.4) is 0 Å². The Balaban J connectivity index is 1.96. The van der Waals surface area contributed by atoms with Crippen molar-refractivity contribution in [3.05, 3.63) is 69.9 Å². The van der Waals surface area contributed by atoms with Crippen LogP contribution in [0.5, 0.6) is 0 Å². The molecule has 0 bridgehead atoms. The summed E-state index contributed by atoms with van der Waals surface area (Å²) in [5.41, 5.74) is -2.23. The maximum Gasteiger partial charge on any atom is 0.377 e. The van der Waals surface area contributed by atoms with E-state index in [1.54, 1.807) is 13.8 Å². The highest BCUT2D eigenvalue weighted by Crippen LogP contribution is 2.21. The Labute approximate surface area is 180 Å². The van der Waals surface area contributed by atoms with Gasteiger partial charge in [-0.1, -0.05) is 6.07 Å². The van der Waals surface area contributed by atoms with Gasteiger partial charge < -0.3 is 5.32 Å². The number of hydrogen-bond acceptors (Lipinski definition) is 5. The first-order chi connectivity index (χ1) is 15.1. The molecule has 0 unspecified atom stereocenters. The summed E-state index contributed by atoms with van der Waals surface area (Å²) in [5, 5.41) is 9.37. The number of benzene rings is 2. The summed E-state index contributed by atoms with van der Waals surface area (Å²) >= 11 is 0. The monoisotopic (exact) mass is 448 g/mol. The highest BCUT2D eigenvalue weighted by atomic mass is 19.1. The van der Waals surface area contributed by atoms with Gasteiger partial charge in [-0.2, -0.15) is 4.68 Å². The zero-order chi connectivity index (χ0) is 23.6. The number of halogens is 3. The van der Waals surface area contributed by atoms with Crippen molar-refractivity contribution < 1.29 is 22.8 Å². The molecule has 0 saturated carbocycles. The van der Waals surface area contributed by atoms with E-state index < -0.39 is 40.8 Å². The number of hydrogen-bond donors (Lipinski definition) is 1. The quantitative estimate of drug-likeness (QED) is 0.605. The largest absolute Gasteiger partial charge is 0.377 e. The molecule has 12 heteroatoms. The fraction of sp³-hybridized carbons (Fsp3) is 0.250. The van der Waals surface area contributed by atoms with Crippen LogP contribution in [0.2, 0.25) is 0 Å². The number of nitrogens with zero attached hydrogens (tertiary/aromatic N) is 5. The van der Waals surface area contributed by atoms with E-state index in [-0.39, 0.29) is 28.5 Å². The van der Waals surface area contributed by atoms with Crippen molar-refractivity contribution in [3.8, 4) is 5.69 Å². The molecule has 3 rings (SSSR count). The molecule has 0 spiro atoms. The molecular formula is C20H19F3N6O3. The van der Waals surface area contributed by atoms with Crippen LogP contribution in [-0.4, -0.2) is 44.3 Å². The number of carbonyl (C=O) groups is 2. The maximum absolute atomic E-state index is 14.7. The standard InChI is InChI=1S/C20H19F3N6O3/c1-4-27(16-9-8-12(10-15(16)23)18(30)24-11(2)3)19(31)29-20(32)28(25-26-29)17-13(21)6-5-7-14(17)22/h5-11H,4H2,1-3H3,(H,24,30). The van der Waals surface area contributed by atoms with E-state index in [4.69, 9.17) is 0 Å². The van der Waals surface area contributed by atoms with Gasteiger partial charge in [0.1, 0.15) is 11.5 Å². The minimum atomic E-state index is -1.24. The van der Waals surface area contributed by atoms with Crippen LogP contribution in [0.25, 0.3) is 5.69 Å². The predicted molar refractivity (Wildman–Crippen MR) is 108 cm³/mol. The van der Waals surface area contributed by atoms with Crippen LogP contribution in [0.1, 0.15) is 31.1 Å². The molecule has 1 heterocycles. The third-order valence-electron chi connectivity index (χ3n) is 4.38. The summed E-state index contributed by atoms with van der Waals surface area (Å²) in [5.74, 6) is -3.55. The summed E-state index contributed by atoms with van der Waals surface area (Å²) in [6.45, 7) is 4.93. The van der Waals surface area contributed by atoms with E-state index in [9.17, 15) is 27.6 Å². The number of tetrazole rings is 1. The van der Waals surface area contributed by atoms with Gasteiger partial charge in [0.2, 0.25) is 0 Å². The Morgan fingerprint density at radius 1 is 1.06 bits per heavy atom. The molecule has 1 N–H and O–H groups in total.